The van der Waals surface area contributed by atoms with Gasteiger partial charge >= 0.3 is 0 Å². The molecule has 38 heavy (non-hydrogen) atoms. The molecule has 3 heterocycles. The van der Waals surface area contributed by atoms with Crippen molar-refractivity contribution in [1.29, 1.82) is 0 Å². The van der Waals surface area contributed by atoms with Gasteiger partial charge in [0.2, 0.25) is 0 Å². The number of carbonyl (C=O) groups is 2. The SMILES string of the molecule is CC(=O)C(C)(C)C.CC(=O)C(C)(C)n1cccc1C.Cc1ccc[nH]1.Cc1cccn1C(C)(C)C(C)(C)N. The molecule has 6 heteroatoms. The Morgan fingerprint density at radius 1 is 0.711 bits per heavy atom. The van der Waals surface area contributed by atoms with E-state index in [0.717, 1.165) is 5.69 Å². The summed E-state index contributed by atoms with van der Waals surface area (Å²) < 4.78 is 4.22. The maximum Gasteiger partial charge on any atom is 0.155 e. The van der Waals surface area contributed by atoms with Crippen molar-refractivity contribution in [1.82, 2.24) is 14.1 Å². The van der Waals surface area contributed by atoms with E-state index < -0.39 is 5.54 Å². The molecular weight excluding hydrogens is 472 g/mol. The molecule has 6 nitrogen and oxygen atoms in total. The summed E-state index contributed by atoms with van der Waals surface area (Å²) in [6.07, 6.45) is 5.94. The number of aryl methyl sites for hydroxylation is 3. The van der Waals surface area contributed by atoms with Gasteiger partial charge in [-0.25, -0.2) is 0 Å². The Labute approximate surface area is 232 Å². The average molecular weight is 527 g/mol. The second-order valence-corrected chi connectivity index (χ2v) is 12.6. The number of H-pyrrole nitrogens is 1. The first-order valence-electron chi connectivity index (χ1n) is 13.3. The highest BCUT2D eigenvalue weighted by Gasteiger charge is 2.35. The van der Waals surface area contributed by atoms with E-state index in [4.69, 9.17) is 5.73 Å². The Bertz CT molecular complexity index is 1120. The van der Waals surface area contributed by atoms with Gasteiger partial charge in [-0.05, 0) is 113 Å². The van der Waals surface area contributed by atoms with Gasteiger partial charge in [-0.1, -0.05) is 20.8 Å². The van der Waals surface area contributed by atoms with Crippen LogP contribution in [0.2, 0.25) is 0 Å². The fraction of sp³-hybridized carbons (Fsp3) is 0.562. The first-order valence-corrected chi connectivity index (χ1v) is 13.3. The van der Waals surface area contributed by atoms with Crippen molar-refractivity contribution in [3.63, 3.8) is 0 Å². The number of Topliss-reactive ketones (excluding diaryl/α,β-unsaturated/α-hetero) is 2. The smallest absolute Gasteiger partial charge is 0.155 e. The molecule has 0 aliphatic heterocycles. The van der Waals surface area contributed by atoms with E-state index in [2.05, 4.69) is 62.5 Å². The second-order valence-electron chi connectivity index (χ2n) is 12.6. The fourth-order valence-electron chi connectivity index (χ4n) is 3.09. The van der Waals surface area contributed by atoms with Crippen molar-refractivity contribution >= 4 is 11.6 Å². The largest absolute Gasteiger partial charge is 0.365 e. The summed E-state index contributed by atoms with van der Waals surface area (Å²) >= 11 is 0. The lowest BCUT2D eigenvalue weighted by Gasteiger charge is -2.41. The van der Waals surface area contributed by atoms with E-state index in [0.29, 0.717) is 0 Å². The van der Waals surface area contributed by atoms with Crippen LogP contribution in [-0.4, -0.2) is 31.2 Å². The summed E-state index contributed by atoms with van der Waals surface area (Å²) in [4.78, 5) is 24.8. The highest BCUT2D eigenvalue weighted by atomic mass is 16.1. The topological polar surface area (TPSA) is 85.8 Å². The molecular formula is C32H54N4O2. The van der Waals surface area contributed by atoms with Crippen LogP contribution in [0.25, 0.3) is 0 Å². The third-order valence-electron chi connectivity index (χ3n) is 7.36. The number of hydrogen-bond donors (Lipinski definition) is 2. The van der Waals surface area contributed by atoms with Crippen LogP contribution in [0.1, 0.15) is 93.2 Å². The molecule has 0 aliphatic rings. The van der Waals surface area contributed by atoms with Gasteiger partial charge in [0.1, 0.15) is 5.78 Å². The van der Waals surface area contributed by atoms with Crippen molar-refractivity contribution in [2.45, 2.75) is 114 Å². The Morgan fingerprint density at radius 3 is 1.34 bits per heavy atom. The van der Waals surface area contributed by atoms with Crippen molar-refractivity contribution in [2.24, 2.45) is 11.1 Å². The molecule has 0 radical (unpaired) electrons. The van der Waals surface area contributed by atoms with E-state index in [1.54, 1.807) is 13.8 Å². The van der Waals surface area contributed by atoms with Gasteiger partial charge in [0, 0.05) is 46.6 Å². The molecule has 3 aromatic rings. The number of nitrogens with two attached hydrogens (primary N) is 1. The zero-order valence-electron chi connectivity index (χ0n) is 26.5. The van der Waals surface area contributed by atoms with Gasteiger partial charge < -0.3 is 19.9 Å². The van der Waals surface area contributed by atoms with Gasteiger partial charge in [0.25, 0.3) is 0 Å². The Kier molecular flexibility index (Phi) is 12.8. The van der Waals surface area contributed by atoms with Gasteiger partial charge in [-0.3, -0.25) is 9.59 Å². The molecule has 0 saturated carbocycles. The first-order chi connectivity index (χ1) is 17.1. The van der Waals surface area contributed by atoms with E-state index in [1.807, 2.05) is 89.7 Å². The number of aromatic amines is 1. The molecule has 3 N–H and O–H groups in total. The molecule has 0 fully saturated rings. The van der Waals surface area contributed by atoms with Crippen LogP contribution >= 0.6 is 0 Å². The molecule has 3 aromatic heterocycles. The molecule has 0 spiro atoms. The summed E-state index contributed by atoms with van der Waals surface area (Å²) in [6.45, 7) is 27.4. The average Bonchev–Trinajstić information content (AvgIpc) is 3.50. The van der Waals surface area contributed by atoms with Crippen molar-refractivity contribution in [3.8, 4) is 0 Å². The number of carbonyl (C=O) groups excluding carboxylic acids is 2. The van der Waals surface area contributed by atoms with Crippen molar-refractivity contribution < 1.29 is 9.59 Å². The highest BCUT2D eigenvalue weighted by Crippen LogP contribution is 2.28. The lowest BCUT2D eigenvalue weighted by atomic mass is 9.83. The molecule has 214 valence electrons. The molecule has 0 bridgehead atoms. The normalized spacial score (nSPS) is 11.8. The van der Waals surface area contributed by atoms with Gasteiger partial charge in [0.05, 0.1) is 11.1 Å². The van der Waals surface area contributed by atoms with Crippen LogP contribution in [0.4, 0.5) is 0 Å². The summed E-state index contributed by atoms with van der Waals surface area (Å²) in [5.41, 5.74) is 8.92. The molecule has 0 aliphatic carbocycles. The van der Waals surface area contributed by atoms with Crippen molar-refractivity contribution in [2.75, 3.05) is 0 Å². The minimum atomic E-state index is -0.409. The van der Waals surface area contributed by atoms with Crippen molar-refractivity contribution in [3.05, 3.63) is 72.1 Å². The minimum Gasteiger partial charge on any atom is -0.365 e. The molecule has 0 aromatic carbocycles. The minimum absolute atomic E-state index is 0.0550. The van der Waals surface area contributed by atoms with E-state index >= 15 is 0 Å². The third-order valence-corrected chi connectivity index (χ3v) is 7.36. The van der Waals surface area contributed by atoms with Crippen LogP contribution in [0.15, 0.2) is 55.0 Å². The fourth-order valence-corrected chi connectivity index (χ4v) is 3.09. The van der Waals surface area contributed by atoms with Crippen LogP contribution in [0.3, 0.4) is 0 Å². The quantitative estimate of drug-likeness (QED) is 0.373. The second kappa shape index (κ2) is 13.8. The number of ketones is 2. The van der Waals surface area contributed by atoms with Gasteiger partial charge in [-0.15, -0.1) is 0 Å². The number of nitrogens with one attached hydrogen (secondary N) is 1. The predicted molar refractivity (Wildman–Crippen MR) is 162 cm³/mol. The van der Waals surface area contributed by atoms with Gasteiger partial charge in [0.15, 0.2) is 5.78 Å². The zero-order valence-corrected chi connectivity index (χ0v) is 26.5. The highest BCUT2D eigenvalue weighted by molar-refractivity contribution is 5.83. The Balaban J connectivity index is 0.000000504. The number of aromatic nitrogens is 3. The summed E-state index contributed by atoms with van der Waals surface area (Å²) in [6, 6.07) is 12.1. The first kappa shape index (κ1) is 35.1. The predicted octanol–water partition coefficient (Wildman–Crippen LogP) is 7.33. The monoisotopic (exact) mass is 526 g/mol. The number of rotatable bonds is 4. The maximum absolute atomic E-state index is 11.3. The lowest BCUT2D eigenvalue weighted by molar-refractivity contribution is -0.124. The van der Waals surface area contributed by atoms with Crippen LogP contribution < -0.4 is 5.73 Å². The maximum atomic E-state index is 11.3. The van der Waals surface area contributed by atoms with Gasteiger partial charge in [-0.2, -0.15) is 0 Å². The lowest BCUT2D eigenvalue weighted by Crippen LogP contribution is -2.54. The standard InChI is InChI=1S/C11H20N2.C10H15NO.C6H12O.C5H7N/c1-9-7-6-8-13(9)11(4,5)10(2,3)12;1-8-6-5-7-11(8)10(3,4)9(2)12;1-5(7)6(2,3)4;1-5-3-2-4-6-5/h6-8H,12H2,1-5H3;5-7H,1-4H3;1-4H3;2-4,6H,1H3. The van der Waals surface area contributed by atoms with Crippen LogP contribution in [-0.2, 0) is 20.7 Å². The Hall–Kier alpha value is -2.86. The molecule has 3 rings (SSSR count). The number of nitrogens with zero attached hydrogens (tertiary/aromatic N) is 2. The summed E-state index contributed by atoms with van der Waals surface area (Å²) in [7, 11) is 0. The molecule has 0 saturated heterocycles. The molecule has 0 atom stereocenters. The molecule has 0 amide bonds. The summed E-state index contributed by atoms with van der Waals surface area (Å²) in [5, 5.41) is 0. The summed E-state index contributed by atoms with van der Waals surface area (Å²) in [5.74, 6) is 0.425. The van der Waals surface area contributed by atoms with Crippen LogP contribution in [0.5, 0.6) is 0 Å². The number of hydrogen-bond acceptors (Lipinski definition) is 3. The van der Waals surface area contributed by atoms with Crippen LogP contribution in [0, 0.1) is 26.2 Å². The zero-order chi connectivity index (χ0) is 30.1. The van der Waals surface area contributed by atoms with E-state index in [-0.39, 0.29) is 28.1 Å². The molecule has 0 unspecified atom stereocenters. The van der Waals surface area contributed by atoms with E-state index in [1.165, 1.54) is 11.4 Å². The van der Waals surface area contributed by atoms with E-state index in [9.17, 15) is 9.59 Å². The Morgan fingerprint density at radius 2 is 1.13 bits per heavy atom. The third kappa shape index (κ3) is 10.5.